The molecule has 0 radical (unpaired) electrons. The van der Waals surface area contributed by atoms with Crippen molar-refractivity contribution in [3.8, 4) is 0 Å². The highest BCUT2D eigenvalue weighted by atomic mass is 16.5. The van der Waals surface area contributed by atoms with E-state index in [9.17, 15) is 0 Å². The molecule has 0 amide bonds. The first-order chi connectivity index (χ1) is 7.36. The van der Waals surface area contributed by atoms with Crippen LogP contribution in [0.2, 0.25) is 0 Å². The van der Waals surface area contributed by atoms with Crippen LogP contribution in [0.25, 0.3) is 0 Å². The highest BCUT2D eigenvalue weighted by Gasteiger charge is 1.87. The van der Waals surface area contributed by atoms with E-state index in [0.29, 0.717) is 0 Å². The van der Waals surface area contributed by atoms with Gasteiger partial charge in [-0.2, -0.15) is 0 Å². The smallest absolute Gasteiger partial charge is 0.118 e. The summed E-state index contributed by atoms with van der Waals surface area (Å²) in [7, 11) is 0. The predicted octanol–water partition coefficient (Wildman–Crippen LogP) is 5.00. The van der Waals surface area contributed by atoms with Crippen LogP contribution in [0.4, 0.5) is 0 Å². The summed E-state index contributed by atoms with van der Waals surface area (Å²) < 4.78 is 10.2. The predicted molar refractivity (Wildman–Crippen MR) is 73.4 cm³/mol. The van der Waals surface area contributed by atoms with Crippen molar-refractivity contribution in [1.29, 1.82) is 0 Å². The molecule has 0 saturated carbocycles. The Labute approximate surface area is 103 Å². The fourth-order valence-electron chi connectivity index (χ4n) is 0.378. The highest BCUT2D eigenvalue weighted by molar-refractivity contribution is 4.63. The lowest BCUT2D eigenvalue weighted by Gasteiger charge is -2.05. The Morgan fingerprint density at radius 3 is 0.938 bits per heavy atom. The normalized spacial score (nSPS) is 9.75. The van der Waals surface area contributed by atoms with Gasteiger partial charge in [0.2, 0.25) is 0 Å². The second-order valence-corrected chi connectivity index (χ2v) is 4.37. The zero-order valence-corrected chi connectivity index (χ0v) is 12.7. The summed E-state index contributed by atoms with van der Waals surface area (Å²) >= 11 is 0. The van der Waals surface area contributed by atoms with Crippen LogP contribution < -0.4 is 0 Å². The van der Waals surface area contributed by atoms with Gasteiger partial charge >= 0.3 is 0 Å². The van der Waals surface area contributed by atoms with Crippen LogP contribution in [0, 0.1) is 5.92 Å². The van der Waals surface area contributed by atoms with E-state index in [1.54, 1.807) is 12.5 Å². The molecule has 0 aliphatic heterocycles. The van der Waals surface area contributed by atoms with Crippen LogP contribution in [-0.2, 0) is 9.47 Å². The molecule has 100 valence electrons. The Kier molecular flexibility index (Phi) is 21.7. The molecule has 0 aliphatic carbocycles. The lowest BCUT2D eigenvalue weighted by atomic mass is 10.3. The van der Waals surface area contributed by atoms with Crippen molar-refractivity contribution in [2.75, 3.05) is 0 Å². The Bertz CT molecular complexity index is 112. The second kappa shape index (κ2) is 16.8. The van der Waals surface area contributed by atoms with Crippen molar-refractivity contribution in [3.05, 3.63) is 12.5 Å². The molecule has 0 heterocycles. The molecule has 0 aliphatic rings. The number of ether oxygens (including phenoxy) is 2. The molecular formula is C14H32O2. The molecule has 0 saturated heterocycles. The summed E-state index contributed by atoms with van der Waals surface area (Å²) in [5, 5.41) is 0. The third-order valence-electron chi connectivity index (χ3n) is 0.757. The molecule has 0 bridgehead atoms. The minimum Gasteiger partial charge on any atom is -0.495 e. The van der Waals surface area contributed by atoms with Gasteiger partial charge in [-0.25, -0.2) is 0 Å². The minimum absolute atomic E-state index is 0.229. The van der Waals surface area contributed by atoms with Crippen LogP contribution in [-0.4, -0.2) is 12.2 Å². The van der Waals surface area contributed by atoms with Crippen LogP contribution in [0.15, 0.2) is 12.5 Å². The maximum Gasteiger partial charge on any atom is 0.118 e. The van der Waals surface area contributed by atoms with Crippen molar-refractivity contribution >= 4 is 0 Å². The van der Waals surface area contributed by atoms with Gasteiger partial charge in [0.15, 0.2) is 0 Å². The van der Waals surface area contributed by atoms with Crippen LogP contribution in [0.5, 0.6) is 0 Å². The summed E-state index contributed by atoms with van der Waals surface area (Å²) in [6.45, 7) is 18.4. The molecular weight excluding hydrogens is 200 g/mol. The van der Waals surface area contributed by atoms with Gasteiger partial charge in [-0.1, -0.05) is 34.6 Å². The van der Waals surface area contributed by atoms with Gasteiger partial charge in [-0.3, -0.25) is 0 Å². The minimum atomic E-state index is 0.229. The molecule has 0 aromatic rings. The van der Waals surface area contributed by atoms with Crippen LogP contribution >= 0.6 is 0 Å². The van der Waals surface area contributed by atoms with Gasteiger partial charge in [-0.15, -0.1) is 0 Å². The standard InChI is InChI=1S/C8H16O2.C4H10.C2H6/c1-7(2)9-5-6-10-8(3)4;1-4(2)3;1-2/h5-8H,1-4H3;4H,1-3H3;1-2H3. The van der Waals surface area contributed by atoms with E-state index >= 15 is 0 Å². The molecule has 2 heteroatoms. The zero-order chi connectivity index (χ0) is 13.6. The molecule has 0 aromatic carbocycles. The van der Waals surface area contributed by atoms with Gasteiger partial charge in [-0.05, 0) is 33.6 Å². The van der Waals surface area contributed by atoms with Gasteiger partial charge < -0.3 is 9.47 Å². The Morgan fingerprint density at radius 2 is 0.812 bits per heavy atom. The molecule has 0 unspecified atom stereocenters. The van der Waals surface area contributed by atoms with Crippen molar-refractivity contribution in [1.82, 2.24) is 0 Å². The van der Waals surface area contributed by atoms with Gasteiger partial charge in [0.1, 0.15) is 12.5 Å². The summed E-state index contributed by atoms with van der Waals surface area (Å²) in [5.74, 6) is 0.833. The van der Waals surface area contributed by atoms with Crippen molar-refractivity contribution in [2.45, 2.75) is 74.5 Å². The fraction of sp³-hybridized carbons (Fsp3) is 0.857. The molecule has 16 heavy (non-hydrogen) atoms. The fourth-order valence-corrected chi connectivity index (χ4v) is 0.378. The third-order valence-corrected chi connectivity index (χ3v) is 0.757. The van der Waals surface area contributed by atoms with E-state index in [-0.39, 0.29) is 12.2 Å². The summed E-state index contributed by atoms with van der Waals surface area (Å²) in [4.78, 5) is 0. The van der Waals surface area contributed by atoms with Crippen LogP contribution in [0.3, 0.4) is 0 Å². The maximum atomic E-state index is 5.09. The molecule has 0 N–H and O–H groups in total. The first-order valence-electron chi connectivity index (χ1n) is 6.32. The molecule has 0 aromatic heterocycles. The summed E-state index contributed by atoms with van der Waals surface area (Å²) in [6.07, 6.45) is 3.61. The lowest BCUT2D eigenvalue weighted by molar-refractivity contribution is 0.139. The molecule has 2 nitrogen and oxygen atoms in total. The number of hydrogen-bond donors (Lipinski definition) is 0. The van der Waals surface area contributed by atoms with Crippen molar-refractivity contribution < 1.29 is 9.47 Å². The molecule has 0 atom stereocenters. The molecule has 0 rings (SSSR count). The second-order valence-electron chi connectivity index (χ2n) is 4.37. The monoisotopic (exact) mass is 232 g/mol. The first kappa shape index (κ1) is 20.7. The van der Waals surface area contributed by atoms with Crippen LogP contribution in [0.1, 0.15) is 62.3 Å². The van der Waals surface area contributed by atoms with E-state index < -0.39 is 0 Å². The lowest BCUT2D eigenvalue weighted by Crippen LogP contribution is -1.98. The zero-order valence-electron chi connectivity index (χ0n) is 12.7. The number of hydrogen-bond acceptors (Lipinski definition) is 2. The Morgan fingerprint density at radius 1 is 0.625 bits per heavy atom. The average molecular weight is 232 g/mol. The molecule has 0 fully saturated rings. The Hall–Kier alpha value is -0.660. The summed E-state index contributed by atoms with van der Waals surface area (Å²) in [6, 6.07) is 0. The Balaban J connectivity index is -0.000000237. The molecule has 0 spiro atoms. The number of rotatable bonds is 4. The van der Waals surface area contributed by atoms with Gasteiger partial charge in [0, 0.05) is 0 Å². The van der Waals surface area contributed by atoms with E-state index in [2.05, 4.69) is 20.8 Å². The van der Waals surface area contributed by atoms with E-state index in [4.69, 9.17) is 9.47 Å². The van der Waals surface area contributed by atoms with Gasteiger partial charge in [0.25, 0.3) is 0 Å². The maximum absolute atomic E-state index is 5.09. The van der Waals surface area contributed by atoms with Crippen molar-refractivity contribution in [3.63, 3.8) is 0 Å². The highest BCUT2D eigenvalue weighted by Crippen LogP contribution is 1.92. The third kappa shape index (κ3) is 50.5. The summed E-state index contributed by atoms with van der Waals surface area (Å²) in [5.41, 5.74) is 0. The van der Waals surface area contributed by atoms with Gasteiger partial charge in [0.05, 0.1) is 12.2 Å². The van der Waals surface area contributed by atoms with E-state index in [0.717, 1.165) is 5.92 Å². The van der Waals surface area contributed by atoms with E-state index in [1.807, 2.05) is 41.5 Å². The first-order valence-corrected chi connectivity index (χ1v) is 6.32. The average Bonchev–Trinajstić information content (AvgIpc) is 2.14. The quantitative estimate of drug-likeness (QED) is 0.635. The SMILES string of the molecule is CC.CC(C)C.CC(C)OC=COC(C)C. The largest absolute Gasteiger partial charge is 0.495 e. The van der Waals surface area contributed by atoms with E-state index in [1.165, 1.54) is 0 Å². The topological polar surface area (TPSA) is 18.5 Å². The van der Waals surface area contributed by atoms with Crippen molar-refractivity contribution in [2.24, 2.45) is 5.92 Å².